The molecule has 1 aromatic rings. The van der Waals surface area contributed by atoms with Crippen LogP contribution in [0.4, 0.5) is 0 Å². The van der Waals surface area contributed by atoms with E-state index in [1.54, 1.807) is 28.4 Å². The highest BCUT2D eigenvalue weighted by molar-refractivity contribution is 8.18. The summed E-state index contributed by atoms with van der Waals surface area (Å²) >= 11 is 3.61. The molecular formula is C28H41N5O5S2. The molecule has 3 aliphatic rings. The highest BCUT2D eigenvalue weighted by Gasteiger charge is 2.53. The molecular weight excluding hydrogens is 550 g/mol. The van der Waals surface area contributed by atoms with Gasteiger partial charge in [0.15, 0.2) is 0 Å². The van der Waals surface area contributed by atoms with Crippen LogP contribution in [0.2, 0.25) is 0 Å². The number of hydrogen-bond donors (Lipinski definition) is 2. The summed E-state index contributed by atoms with van der Waals surface area (Å²) in [6, 6.07) is -2.43. The largest absolute Gasteiger partial charge is 0.467 e. The molecule has 10 nitrogen and oxygen atoms in total. The monoisotopic (exact) mass is 591 g/mol. The first-order valence-corrected chi connectivity index (χ1v) is 16.1. The molecule has 2 aliphatic heterocycles. The Balaban J connectivity index is 1.57. The second-order valence-corrected chi connectivity index (χ2v) is 15.1. The summed E-state index contributed by atoms with van der Waals surface area (Å²) in [5.41, 5.74) is -0.521. The zero-order chi connectivity index (χ0) is 28.9. The third-order valence-electron chi connectivity index (χ3n) is 7.95. The smallest absolute Gasteiger partial charge is 0.328 e. The van der Waals surface area contributed by atoms with E-state index in [9.17, 15) is 19.2 Å². The number of nitrogens with zero attached hydrogens (tertiary/aromatic N) is 3. The predicted molar refractivity (Wildman–Crippen MR) is 156 cm³/mol. The van der Waals surface area contributed by atoms with E-state index in [-0.39, 0.29) is 21.6 Å². The van der Waals surface area contributed by atoms with Crippen LogP contribution in [0, 0.1) is 11.3 Å². The first-order chi connectivity index (χ1) is 19.0. The molecule has 0 aromatic carbocycles. The van der Waals surface area contributed by atoms with E-state index in [1.165, 1.54) is 25.7 Å². The summed E-state index contributed by atoms with van der Waals surface area (Å²) in [6.07, 6.45) is 10.5. The van der Waals surface area contributed by atoms with E-state index in [4.69, 9.17) is 4.74 Å². The van der Waals surface area contributed by atoms with Crippen molar-refractivity contribution in [2.45, 2.75) is 87.9 Å². The van der Waals surface area contributed by atoms with Gasteiger partial charge in [0.25, 0.3) is 5.91 Å². The van der Waals surface area contributed by atoms with Crippen LogP contribution in [0.25, 0.3) is 0 Å². The number of methoxy groups -OCH3 is 1. The summed E-state index contributed by atoms with van der Waals surface area (Å²) in [4.78, 5) is 63.6. The summed E-state index contributed by atoms with van der Waals surface area (Å²) in [7, 11) is 1.34. The molecule has 1 saturated carbocycles. The van der Waals surface area contributed by atoms with Crippen LogP contribution < -0.4 is 10.6 Å². The molecule has 40 heavy (non-hydrogen) atoms. The van der Waals surface area contributed by atoms with Crippen molar-refractivity contribution < 1.29 is 23.9 Å². The average Bonchev–Trinajstić information content (AvgIpc) is 3.32. The second kappa shape index (κ2) is 13.1. The number of thioether (sulfide) groups is 2. The van der Waals surface area contributed by atoms with Gasteiger partial charge in [-0.2, -0.15) is 0 Å². The fourth-order valence-electron chi connectivity index (χ4n) is 5.79. The summed E-state index contributed by atoms with van der Waals surface area (Å²) in [5.74, 6) is 0.291. The number of likely N-dealkylation sites (tertiary alicyclic amines) is 1. The molecule has 1 aromatic heterocycles. The van der Waals surface area contributed by atoms with Gasteiger partial charge in [0.05, 0.1) is 17.4 Å². The van der Waals surface area contributed by atoms with Crippen molar-refractivity contribution in [1.29, 1.82) is 0 Å². The van der Waals surface area contributed by atoms with Crippen molar-refractivity contribution in [2.75, 3.05) is 25.2 Å². The van der Waals surface area contributed by atoms with Crippen molar-refractivity contribution in [1.82, 2.24) is 25.5 Å². The maximum atomic E-state index is 14.2. The van der Waals surface area contributed by atoms with Crippen LogP contribution in [0.1, 0.15) is 76.2 Å². The van der Waals surface area contributed by atoms with Crippen molar-refractivity contribution in [3.63, 3.8) is 0 Å². The van der Waals surface area contributed by atoms with E-state index in [0.717, 1.165) is 50.0 Å². The third kappa shape index (κ3) is 7.10. The number of esters is 1. The minimum Gasteiger partial charge on any atom is -0.467 e. The van der Waals surface area contributed by atoms with Gasteiger partial charge in [0.1, 0.15) is 23.8 Å². The number of rotatable bonds is 7. The highest BCUT2D eigenvalue weighted by atomic mass is 32.2. The van der Waals surface area contributed by atoms with Crippen LogP contribution in [-0.2, 0) is 19.1 Å². The Labute approximate surface area is 244 Å². The predicted octanol–water partition coefficient (Wildman–Crippen LogP) is 3.03. The van der Waals surface area contributed by atoms with E-state index in [0.29, 0.717) is 13.0 Å². The molecule has 1 unspecified atom stereocenters. The van der Waals surface area contributed by atoms with Crippen molar-refractivity contribution in [3.05, 3.63) is 24.3 Å². The second-order valence-electron chi connectivity index (χ2n) is 11.9. The SMILES string of the molecule is COC(=O)[C@@H]1CC2(CN1C(=O)C(NC(=O)[C@@H](NC(=O)c1cnccn1)C1CCCCC1)C(C)(C)C)SCCCS2. The highest BCUT2D eigenvalue weighted by Crippen LogP contribution is 2.50. The van der Waals surface area contributed by atoms with Crippen molar-refractivity contribution in [3.8, 4) is 0 Å². The van der Waals surface area contributed by atoms with Gasteiger partial charge in [-0.1, -0.05) is 40.0 Å². The van der Waals surface area contributed by atoms with E-state index < -0.39 is 41.3 Å². The van der Waals surface area contributed by atoms with Gasteiger partial charge >= 0.3 is 5.97 Å². The zero-order valence-electron chi connectivity index (χ0n) is 23.8. The lowest BCUT2D eigenvalue weighted by Crippen LogP contribution is -2.61. The Morgan fingerprint density at radius 2 is 1.75 bits per heavy atom. The van der Waals surface area contributed by atoms with Gasteiger partial charge in [-0.05, 0) is 42.1 Å². The van der Waals surface area contributed by atoms with E-state index in [1.807, 2.05) is 20.8 Å². The standard InChI is InChI=1S/C28H41N5O5S2/c1-27(2,3)22(25(36)33-17-28(39-13-8-14-40-28)15-20(33)26(37)38-4)32-24(35)21(18-9-6-5-7-10-18)31-23(34)19-16-29-11-12-30-19/h11-12,16,18,20-22H,5-10,13-15,17H2,1-4H3,(H,31,34)(H,32,35)/t20-,21-,22?/m0/s1. The Bertz CT molecular complexity index is 1070. The molecule has 1 spiro atoms. The van der Waals surface area contributed by atoms with Gasteiger partial charge in [0, 0.05) is 25.4 Å². The van der Waals surface area contributed by atoms with Crippen LogP contribution >= 0.6 is 23.5 Å². The molecule has 3 heterocycles. The lowest BCUT2D eigenvalue weighted by molar-refractivity contribution is -0.153. The number of hydrogen-bond acceptors (Lipinski definition) is 9. The molecule has 220 valence electrons. The van der Waals surface area contributed by atoms with Crippen LogP contribution in [0.3, 0.4) is 0 Å². The van der Waals surface area contributed by atoms with Gasteiger partial charge < -0.3 is 20.3 Å². The molecule has 1 aliphatic carbocycles. The van der Waals surface area contributed by atoms with Crippen LogP contribution in [0.5, 0.6) is 0 Å². The average molecular weight is 592 g/mol. The number of nitrogens with one attached hydrogen (secondary N) is 2. The van der Waals surface area contributed by atoms with Gasteiger partial charge in [-0.3, -0.25) is 19.4 Å². The first-order valence-electron chi connectivity index (χ1n) is 14.1. The molecule has 2 N–H and O–H groups in total. The molecule has 0 bridgehead atoms. The van der Waals surface area contributed by atoms with Gasteiger partial charge in [-0.15, -0.1) is 23.5 Å². The number of carbonyl (C=O) groups is 4. The fourth-order valence-corrected chi connectivity index (χ4v) is 9.14. The molecule has 12 heteroatoms. The first kappa shape index (κ1) is 30.6. The van der Waals surface area contributed by atoms with Crippen molar-refractivity contribution in [2.24, 2.45) is 11.3 Å². The Morgan fingerprint density at radius 1 is 1.05 bits per heavy atom. The minimum absolute atomic E-state index is 0.0574. The molecule has 0 radical (unpaired) electrons. The maximum Gasteiger partial charge on any atom is 0.328 e. The van der Waals surface area contributed by atoms with E-state index in [2.05, 4.69) is 20.6 Å². The third-order valence-corrected chi connectivity index (χ3v) is 11.3. The lowest BCUT2D eigenvalue weighted by Gasteiger charge is -2.38. The Morgan fingerprint density at radius 3 is 2.35 bits per heavy atom. The zero-order valence-corrected chi connectivity index (χ0v) is 25.4. The quantitative estimate of drug-likeness (QED) is 0.460. The Hall–Kier alpha value is -2.34. The molecule has 3 amide bonds. The molecule has 4 rings (SSSR count). The summed E-state index contributed by atoms with van der Waals surface area (Å²) in [6.45, 7) is 6.10. The summed E-state index contributed by atoms with van der Waals surface area (Å²) < 4.78 is 4.85. The number of aromatic nitrogens is 2. The normalized spacial score (nSPS) is 22.8. The number of ether oxygens (including phenoxy) is 1. The number of carbonyl (C=O) groups excluding carboxylic acids is 4. The minimum atomic E-state index is -0.902. The van der Waals surface area contributed by atoms with Crippen molar-refractivity contribution >= 4 is 47.2 Å². The van der Waals surface area contributed by atoms with Crippen LogP contribution in [0.15, 0.2) is 18.6 Å². The fraction of sp³-hybridized carbons (Fsp3) is 0.714. The molecule has 3 fully saturated rings. The van der Waals surface area contributed by atoms with Crippen LogP contribution in [-0.4, -0.2) is 85.9 Å². The van der Waals surface area contributed by atoms with E-state index >= 15 is 0 Å². The maximum absolute atomic E-state index is 14.2. The lowest BCUT2D eigenvalue weighted by atomic mass is 9.82. The molecule has 2 saturated heterocycles. The number of amides is 3. The summed E-state index contributed by atoms with van der Waals surface area (Å²) in [5, 5.41) is 5.90. The molecule has 3 atom stereocenters. The van der Waals surface area contributed by atoms with Gasteiger partial charge in [-0.25, -0.2) is 9.78 Å². The topological polar surface area (TPSA) is 131 Å². The van der Waals surface area contributed by atoms with Gasteiger partial charge in [0.2, 0.25) is 11.8 Å². The Kier molecular flexibility index (Phi) is 10.0.